The van der Waals surface area contributed by atoms with Crippen LogP contribution in [0, 0.1) is 6.92 Å². The first-order valence-corrected chi connectivity index (χ1v) is 11.9. The fourth-order valence-corrected chi connectivity index (χ4v) is 4.68. The lowest BCUT2D eigenvalue weighted by Crippen LogP contribution is -2.02. The summed E-state index contributed by atoms with van der Waals surface area (Å²) in [6, 6.07) is 30.8. The van der Waals surface area contributed by atoms with Gasteiger partial charge in [-0.2, -0.15) is 5.10 Å². The second-order valence-electron chi connectivity index (χ2n) is 8.77. The molecule has 0 aliphatic rings. The van der Waals surface area contributed by atoms with Crippen LogP contribution in [0.15, 0.2) is 97.3 Å². The summed E-state index contributed by atoms with van der Waals surface area (Å²) in [4.78, 5) is 4.67. The van der Waals surface area contributed by atoms with Gasteiger partial charge in [-0.25, -0.2) is 4.98 Å². The molecule has 0 spiro atoms. The van der Waals surface area contributed by atoms with Crippen LogP contribution < -0.4 is 10.1 Å². The molecule has 0 fully saturated rings. The molecular formula is C30H25N5O. The van der Waals surface area contributed by atoms with Gasteiger partial charge in [-0.1, -0.05) is 66.7 Å². The van der Waals surface area contributed by atoms with E-state index >= 15 is 0 Å². The van der Waals surface area contributed by atoms with Crippen LogP contribution in [-0.2, 0) is 6.42 Å². The topological polar surface area (TPSA) is 64.9 Å². The normalized spacial score (nSPS) is 11.2. The zero-order valence-corrected chi connectivity index (χ0v) is 20.1. The number of methoxy groups -OCH3 is 1. The van der Waals surface area contributed by atoms with Crippen LogP contribution >= 0.6 is 0 Å². The van der Waals surface area contributed by atoms with Gasteiger partial charge in [0, 0.05) is 22.9 Å². The van der Waals surface area contributed by atoms with Crippen LogP contribution in [0.1, 0.15) is 16.8 Å². The largest absolute Gasteiger partial charge is 0.495 e. The first kappa shape index (κ1) is 21.8. The van der Waals surface area contributed by atoms with Gasteiger partial charge >= 0.3 is 0 Å². The van der Waals surface area contributed by atoms with Crippen LogP contribution in [0.3, 0.4) is 0 Å². The Morgan fingerprint density at radius 2 is 1.64 bits per heavy atom. The number of fused-ring (bicyclic) bond motifs is 2. The minimum atomic E-state index is 0.724. The van der Waals surface area contributed by atoms with E-state index in [0.29, 0.717) is 0 Å². The van der Waals surface area contributed by atoms with E-state index in [1.165, 1.54) is 5.56 Å². The molecule has 0 aliphatic heterocycles. The molecule has 36 heavy (non-hydrogen) atoms. The van der Waals surface area contributed by atoms with Gasteiger partial charge in [0.1, 0.15) is 12.1 Å². The van der Waals surface area contributed by atoms with Crippen molar-refractivity contribution in [2.75, 3.05) is 12.4 Å². The van der Waals surface area contributed by atoms with E-state index < -0.39 is 0 Å². The number of hydrogen-bond donors (Lipinski definition) is 1. The highest BCUT2D eigenvalue weighted by Crippen LogP contribution is 2.32. The van der Waals surface area contributed by atoms with Crippen molar-refractivity contribution in [3.05, 3.63) is 114 Å². The van der Waals surface area contributed by atoms with Crippen molar-refractivity contribution in [1.82, 2.24) is 19.7 Å². The Balaban J connectivity index is 1.35. The quantitative estimate of drug-likeness (QED) is 0.296. The lowest BCUT2D eigenvalue weighted by Gasteiger charge is -2.14. The highest BCUT2D eigenvalue weighted by molar-refractivity contribution is 5.95. The SMILES string of the molecule is COc1cccc(C)c1-n1cnc2cc(Nc3nnc(Cc4ccccc4)c4ccccc34)ccc21. The third-order valence-electron chi connectivity index (χ3n) is 6.45. The van der Waals surface area contributed by atoms with Crippen LogP contribution in [0.5, 0.6) is 5.75 Å². The summed E-state index contributed by atoms with van der Waals surface area (Å²) in [6.45, 7) is 2.07. The molecule has 0 amide bonds. The molecule has 6 aromatic rings. The molecule has 0 saturated carbocycles. The van der Waals surface area contributed by atoms with Crippen LogP contribution in [-0.4, -0.2) is 26.9 Å². The molecule has 6 nitrogen and oxygen atoms in total. The van der Waals surface area contributed by atoms with Crippen molar-refractivity contribution in [2.45, 2.75) is 13.3 Å². The van der Waals surface area contributed by atoms with E-state index in [-0.39, 0.29) is 0 Å². The number of nitrogens with zero attached hydrogens (tertiary/aromatic N) is 4. The summed E-state index contributed by atoms with van der Waals surface area (Å²) in [6.07, 6.45) is 2.58. The fraction of sp³-hybridized carbons (Fsp3) is 0.100. The monoisotopic (exact) mass is 471 g/mol. The number of nitrogens with one attached hydrogen (secondary N) is 1. The number of aryl methyl sites for hydroxylation is 1. The van der Waals surface area contributed by atoms with Gasteiger partial charge < -0.3 is 10.1 Å². The van der Waals surface area contributed by atoms with E-state index in [1.54, 1.807) is 7.11 Å². The number of benzene rings is 4. The number of ether oxygens (including phenoxy) is 1. The minimum Gasteiger partial charge on any atom is -0.495 e. The predicted octanol–water partition coefficient (Wildman–Crippen LogP) is 6.62. The number of anilines is 2. The third-order valence-corrected chi connectivity index (χ3v) is 6.45. The van der Waals surface area contributed by atoms with Gasteiger partial charge in [0.15, 0.2) is 5.82 Å². The van der Waals surface area contributed by atoms with Crippen molar-refractivity contribution in [3.8, 4) is 11.4 Å². The highest BCUT2D eigenvalue weighted by atomic mass is 16.5. The average molecular weight is 472 g/mol. The van der Waals surface area contributed by atoms with E-state index in [4.69, 9.17) is 4.74 Å². The molecule has 4 aromatic carbocycles. The van der Waals surface area contributed by atoms with Gasteiger partial charge in [-0.3, -0.25) is 4.57 Å². The Bertz CT molecular complexity index is 1690. The highest BCUT2D eigenvalue weighted by Gasteiger charge is 2.14. The molecule has 0 bridgehead atoms. The van der Waals surface area contributed by atoms with Gasteiger partial charge in [0.05, 0.1) is 29.5 Å². The zero-order valence-electron chi connectivity index (χ0n) is 20.1. The van der Waals surface area contributed by atoms with Crippen molar-refractivity contribution >= 4 is 33.3 Å². The fourth-order valence-electron chi connectivity index (χ4n) is 4.68. The van der Waals surface area contributed by atoms with E-state index in [0.717, 1.165) is 62.4 Å². The Kier molecular flexibility index (Phi) is 5.54. The maximum absolute atomic E-state index is 5.61. The van der Waals surface area contributed by atoms with Gasteiger partial charge in [0.25, 0.3) is 0 Å². The summed E-state index contributed by atoms with van der Waals surface area (Å²) in [5, 5.41) is 14.7. The molecule has 0 radical (unpaired) electrons. The summed E-state index contributed by atoms with van der Waals surface area (Å²) < 4.78 is 7.68. The molecule has 1 N–H and O–H groups in total. The first-order chi connectivity index (χ1) is 17.7. The molecule has 0 unspecified atom stereocenters. The molecule has 0 aliphatic carbocycles. The maximum Gasteiger partial charge on any atom is 0.160 e. The molecule has 0 atom stereocenters. The molecule has 2 heterocycles. The van der Waals surface area contributed by atoms with E-state index in [1.807, 2.05) is 60.9 Å². The zero-order chi connectivity index (χ0) is 24.5. The summed E-state index contributed by atoms with van der Waals surface area (Å²) in [7, 11) is 1.69. The second kappa shape index (κ2) is 9.15. The Morgan fingerprint density at radius 1 is 0.833 bits per heavy atom. The molecule has 2 aromatic heterocycles. The average Bonchev–Trinajstić information content (AvgIpc) is 3.33. The van der Waals surface area contributed by atoms with Gasteiger partial charge in [-0.15, -0.1) is 5.10 Å². The van der Waals surface area contributed by atoms with E-state index in [9.17, 15) is 0 Å². The van der Waals surface area contributed by atoms with Crippen molar-refractivity contribution < 1.29 is 4.74 Å². The molecule has 6 rings (SSSR count). The first-order valence-electron chi connectivity index (χ1n) is 11.9. The van der Waals surface area contributed by atoms with Gasteiger partial charge in [-0.05, 0) is 42.3 Å². The lowest BCUT2D eigenvalue weighted by atomic mass is 10.0. The van der Waals surface area contributed by atoms with Crippen molar-refractivity contribution in [3.63, 3.8) is 0 Å². The molecule has 176 valence electrons. The number of hydrogen-bond acceptors (Lipinski definition) is 5. The summed E-state index contributed by atoms with van der Waals surface area (Å²) in [5.41, 5.74) is 7.07. The number of rotatable bonds is 6. The Hall–Kier alpha value is -4.71. The number of aromatic nitrogens is 4. The smallest absolute Gasteiger partial charge is 0.160 e. The number of imidazole rings is 1. The predicted molar refractivity (Wildman–Crippen MR) is 144 cm³/mol. The van der Waals surface area contributed by atoms with Gasteiger partial charge in [0.2, 0.25) is 0 Å². The summed E-state index contributed by atoms with van der Waals surface area (Å²) >= 11 is 0. The second-order valence-corrected chi connectivity index (χ2v) is 8.77. The Morgan fingerprint density at radius 3 is 2.47 bits per heavy atom. The Labute approximate surface area is 209 Å². The van der Waals surface area contributed by atoms with Crippen LogP contribution in [0.2, 0.25) is 0 Å². The third kappa shape index (κ3) is 3.92. The molecule has 0 saturated heterocycles. The van der Waals surface area contributed by atoms with Crippen molar-refractivity contribution in [2.24, 2.45) is 0 Å². The maximum atomic E-state index is 5.61. The van der Waals surface area contributed by atoms with Crippen LogP contribution in [0.25, 0.3) is 27.5 Å². The number of para-hydroxylation sites is 1. The molecular weight excluding hydrogens is 446 g/mol. The minimum absolute atomic E-state index is 0.724. The summed E-state index contributed by atoms with van der Waals surface area (Å²) in [5.74, 6) is 1.54. The van der Waals surface area contributed by atoms with Crippen molar-refractivity contribution in [1.29, 1.82) is 0 Å². The van der Waals surface area contributed by atoms with Crippen LogP contribution in [0.4, 0.5) is 11.5 Å². The van der Waals surface area contributed by atoms with E-state index in [2.05, 4.69) is 68.4 Å². The molecule has 6 heteroatoms. The lowest BCUT2D eigenvalue weighted by molar-refractivity contribution is 0.413. The standard InChI is InChI=1S/C30H25N5O/c1-20-9-8-14-28(36-2)29(20)35-19-31-26-18-22(15-16-27(26)35)32-30-24-13-7-6-12-23(24)25(33-34-30)17-21-10-4-3-5-11-21/h3-16,18-19H,17H2,1-2H3,(H,32,34).